The maximum atomic E-state index is 13.5. The van der Waals surface area contributed by atoms with Crippen LogP contribution in [0.3, 0.4) is 0 Å². The molecule has 0 bridgehead atoms. The van der Waals surface area contributed by atoms with E-state index in [2.05, 4.69) is 18.8 Å². The van der Waals surface area contributed by atoms with E-state index < -0.39 is 0 Å². The van der Waals surface area contributed by atoms with Gasteiger partial charge in [0.2, 0.25) is 0 Å². The highest BCUT2D eigenvalue weighted by Gasteiger charge is 2.08. The Morgan fingerprint density at radius 2 is 2.13 bits per heavy atom. The fourth-order valence-corrected chi connectivity index (χ4v) is 2.35. The molecule has 0 unspecified atom stereocenters. The predicted molar refractivity (Wildman–Crippen MR) is 66.4 cm³/mol. The van der Waals surface area contributed by atoms with Gasteiger partial charge in [-0.15, -0.1) is 0 Å². The van der Waals surface area contributed by atoms with Gasteiger partial charge in [-0.1, -0.05) is 13.8 Å². The number of halogens is 1. The zero-order chi connectivity index (χ0) is 11.0. The van der Waals surface area contributed by atoms with Crippen LogP contribution < -0.4 is 5.19 Å². The van der Waals surface area contributed by atoms with Crippen molar-refractivity contribution in [1.29, 1.82) is 0 Å². The van der Waals surface area contributed by atoms with Gasteiger partial charge in [0.1, 0.15) is 5.82 Å². The van der Waals surface area contributed by atoms with Crippen molar-refractivity contribution in [3.05, 3.63) is 29.7 Å². The van der Waals surface area contributed by atoms with Crippen molar-refractivity contribution in [3.8, 4) is 0 Å². The van der Waals surface area contributed by atoms with Gasteiger partial charge in [-0.2, -0.15) is 0 Å². The molecule has 0 aliphatic carbocycles. The first-order chi connectivity index (χ1) is 7.08. The third-order valence-corrected chi connectivity index (χ3v) is 3.44. The average molecular weight is 221 g/mol. The van der Waals surface area contributed by atoms with E-state index in [-0.39, 0.29) is 5.82 Å². The molecule has 0 fully saturated rings. The highest BCUT2D eigenvalue weighted by Crippen LogP contribution is 2.20. The quantitative estimate of drug-likeness (QED) is 0.740. The fourth-order valence-electron chi connectivity index (χ4n) is 1.92. The molecule has 1 nitrogen and oxygen atoms in total. The van der Waals surface area contributed by atoms with Crippen molar-refractivity contribution in [1.82, 2.24) is 4.98 Å². The fraction of sp³-hybridized carbons (Fsp3) is 0.333. The van der Waals surface area contributed by atoms with Crippen molar-refractivity contribution in [2.45, 2.75) is 20.3 Å². The van der Waals surface area contributed by atoms with Gasteiger partial charge >= 0.3 is 0 Å². The summed E-state index contributed by atoms with van der Waals surface area (Å²) in [5.41, 5.74) is 2.29. The minimum atomic E-state index is -0.0567. The number of hydrogen-bond acceptors (Lipinski definition) is 0. The summed E-state index contributed by atoms with van der Waals surface area (Å²) in [5.74, 6) is 0.543. The van der Waals surface area contributed by atoms with Crippen LogP contribution in [0.25, 0.3) is 10.9 Å². The molecular formula is C12H16FNSi. The van der Waals surface area contributed by atoms with Crippen LogP contribution in [0.1, 0.15) is 19.4 Å². The zero-order valence-electron chi connectivity index (χ0n) is 9.39. The van der Waals surface area contributed by atoms with E-state index in [9.17, 15) is 4.39 Å². The van der Waals surface area contributed by atoms with Crippen LogP contribution in [0.5, 0.6) is 0 Å². The van der Waals surface area contributed by atoms with Gasteiger partial charge in [0.05, 0.1) is 0 Å². The molecule has 0 saturated heterocycles. The van der Waals surface area contributed by atoms with Crippen LogP contribution in [-0.4, -0.2) is 15.2 Å². The molecule has 0 radical (unpaired) electrons. The topological polar surface area (TPSA) is 15.8 Å². The lowest BCUT2D eigenvalue weighted by Crippen LogP contribution is -2.07. The highest BCUT2D eigenvalue weighted by atomic mass is 28.1. The van der Waals surface area contributed by atoms with Crippen molar-refractivity contribution in [2.75, 3.05) is 0 Å². The Morgan fingerprint density at radius 1 is 1.40 bits per heavy atom. The van der Waals surface area contributed by atoms with E-state index in [4.69, 9.17) is 0 Å². The minimum absolute atomic E-state index is 0.0567. The molecule has 15 heavy (non-hydrogen) atoms. The number of rotatable bonds is 2. The summed E-state index contributed by atoms with van der Waals surface area (Å²) in [7, 11) is 0.758. The Kier molecular flexibility index (Phi) is 2.65. The van der Waals surface area contributed by atoms with Crippen LogP contribution in [0.15, 0.2) is 18.3 Å². The van der Waals surface area contributed by atoms with E-state index in [1.807, 2.05) is 12.3 Å². The molecule has 0 aliphatic rings. The first-order valence-electron chi connectivity index (χ1n) is 5.34. The minimum Gasteiger partial charge on any atom is -0.361 e. The van der Waals surface area contributed by atoms with E-state index in [0.717, 1.165) is 32.8 Å². The molecule has 1 heterocycles. The average Bonchev–Trinajstić information content (AvgIpc) is 2.49. The lowest BCUT2D eigenvalue weighted by Gasteiger charge is -2.03. The standard InChI is InChI=1S/C12H16FNSi/c1-7(2)3-8-6-14-11-5-12(15)10(13)4-9(8)11/h4-7,14H,3H2,1-2,15H3. The number of aromatic nitrogens is 1. The summed E-state index contributed by atoms with van der Waals surface area (Å²) in [6, 6.07) is 3.60. The largest absolute Gasteiger partial charge is 0.361 e. The van der Waals surface area contributed by atoms with Gasteiger partial charge < -0.3 is 4.98 Å². The normalized spacial score (nSPS) is 11.7. The molecule has 0 amide bonds. The van der Waals surface area contributed by atoms with Gasteiger partial charge in [-0.05, 0) is 35.2 Å². The molecule has 80 valence electrons. The smallest absolute Gasteiger partial charge is 0.122 e. The Hall–Kier alpha value is -1.09. The molecular weight excluding hydrogens is 205 g/mol. The molecule has 0 spiro atoms. The number of benzene rings is 1. The van der Waals surface area contributed by atoms with Crippen LogP contribution in [0.2, 0.25) is 0 Å². The summed E-state index contributed by atoms with van der Waals surface area (Å²) in [5, 5.41) is 1.88. The molecule has 0 atom stereocenters. The van der Waals surface area contributed by atoms with Crippen molar-refractivity contribution in [2.24, 2.45) is 5.92 Å². The van der Waals surface area contributed by atoms with E-state index >= 15 is 0 Å². The van der Waals surface area contributed by atoms with Crippen molar-refractivity contribution < 1.29 is 4.39 Å². The summed E-state index contributed by atoms with van der Waals surface area (Å²) < 4.78 is 13.5. The maximum Gasteiger partial charge on any atom is 0.122 e. The summed E-state index contributed by atoms with van der Waals surface area (Å²) >= 11 is 0. The third kappa shape index (κ3) is 1.97. The van der Waals surface area contributed by atoms with Gasteiger partial charge in [-0.3, -0.25) is 0 Å². The van der Waals surface area contributed by atoms with Gasteiger partial charge in [0.15, 0.2) is 0 Å². The SMILES string of the molecule is CC(C)Cc1c[nH]c2cc([SiH3])c(F)cc12. The molecule has 1 N–H and O–H groups in total. The van der Waals surface area contributed by atoms with Crippen molar-refractivity contribution in [3.63, 3.8) is 0 Å². The van der Waals surface area contributed by atoms with Crippen LogP contribution in [-0.2, 0) is 6.42 Å². The number of fused-ring (bicyclic) bond motifs is 1. The summed E-state index contributed by atoms with van der Waals surface area (Å²) in [6.45, 7) is 4.35. The number of H-pyrrole nitrogens is 1. The second-order valence-corrected chi connectivity index (χ2v) is 5.64. The van der Waals surface area contributed by atoms with Crippen LogP contribution >= 0.6 is 0 Å². The third-order valence-electron chi connectivity index (χ3n) is 2.67. The Labute approximate surface area is 92.1 Å². The zero-order valence-corrected chi connectivity index (χ0v) is 11.4. The van der Waals surface area contributed by atoms with Crippen molar-refractivity contribution >= 4 is 26.3 Å². The molecule has 0 saturated carbocycles. The lowest BCUT2D eigenvalue weighted by atomic mass is 10.0. The van der Waals surface area contributed by atoms with E-state index in [1.165, 1.54) is 5.56 Å². The van der Waals surface area contributed by atoms with Gasteiger partial charge in [0.25, 0.3) is 0 Å². The highest BCUT2D eigenvalue weighted by molar-refractivity contribution is 6.33. The van der Waals surface area contributed by atoms with Gasteiger partial charge in [-0.25, -0.2) is 4.39 Å². The Bertz CT molecular complexity index is 488. The second kappa shape index (κ2) is 3.81. The Morgan fingerprint density at radius 3 is 2.80 bits per heavy atom. The van der Waals surface area contributed by atoms with Crippen LogP contribution in [0.4, 0.5) is 4.39 Å². The molecule has 3 heteroatoms. The number of aromatic amines is 1. The van der Waals surface area contributed by atoms with Gasteiger partial charge in [0, 0.05) is 27.3 Å². The molecule has 1 aromatic carbocycles. The first kappa shape index (κ1) is 10.4. The summed E-state index contributed by atoms with van der Waals surface area (Å²) in [6.07, 6.45) is 3.00. The molecule has 2 aromatic rings. The Balaban J connectivity index is 2.54. The van der Waals surface area contributed by atoms with Crippen LogP contribution in [0, 0.1) is 11.7 Å². The molecule has 1 aromatic heterocycles. The number of hydrogen-bond donors (Lipinski definition) is 1. The summed E-state index contributed by atoms with van der Waals surface area (Å²) in [4.78, 5) is 3.22. The molecule has 0 aliphatic heterocycles. The monoisotopic (exact) mass is 221 g/mol. The first-order valence-corrected chi connectivity index (χ1v) is 6.34. The second-order valence-electron chi connectivity index (χ2n) is 4.56. The molecule has 2 rings (SSSR count). The lowest BCUT2D eigenvalue weighted by molar-refractivity contribution is 0.636. The van der Waals surface area contributed by atoms with E-state index in [1.54, 1.807) is 6.07 Å². The van der Waals surface area contributed by atoms with E-state index in [0.29, 0.717) is 5.92 Å². The number of nitrogens with one attached hydrogen (secondary N) is 1. The predicted octanol–water partition coefficient (Wildman–Crippen LogP) is 1.50. The maximum absolute atomic E-state index is 13.5.